The quantitative estimate of drug-likeness (QED) is 0.734. The summed E-state index contributed by atoms with van der Waals surface area (Å²) in [7, 11) is 0. The van der Waals surface area contributed by atoms with Gasteiger partial charge in [-0.05, 0) is 25.0 Å². The van der Waals surface area contributed by atoms with Crippen LogP contribution in [0.5, 0.6) is 0 Å². The highest BCUT2D eigenvalue weighted by molar-refractivity contribution is 5.98. The third kappa shape index (κ3) is 1.23. The number of para-hydroxylation sites is 1. The molecule has 0 bridgehead atoms. The molecule has 2 fully saturated rings. The highest BCUT2D eigenvalue weighted by Gasteiger charge is 2.60. The fourth-order valence-electron chi connectivity index (χ4n) is 3.93. The van der Waals surface area contributed by atoms with Gasteiger partial charge in [0.2, 0.25) is 11.8 Å². The molecule has 0 aliphatic carbocycles. The monoisotopic (exact) mass is 271 g/mol. The Labute approximate surface area is 117 Å². The number of hydrogen-bond donors (Lipinski definition) is 2. The summed E-state index contributed by atoms with van der Waals surface area (Å²) < 4.78 is 0. The van der Waals surface area contributed by atoms with Crippen LogP contribution in [0, 0.1) is 0 Å². The Morgan fingerprint density at radius 2 is 2.00 bits per heavy atom. The minimum Gasteiger partial charge on any atom is -0.364 e. The van der Waals surface area contributed by atoms with E-state index in [1.165, 1.54) is 5.56 Å². The normalized spacial score (nSPS) is 37.9. The van der Waals surface area contributed by atoms with Gasteiger partial charge < -0.3 is 15.5 Å². The lowest BCUT2D eigenvalue weighted by atomic mass is 9.80. The van der Waals surface area contributed by atoms with Crippen molar-refractivity contribution in [3.63, 3.8) is 0 Å². The van der Waals surface area contributed by atoms with E-state index in [-0.39, 0.29) is 29.4 Å². The van der Waals surface area contributed by atoms with Gasteiger partial charge in [0.1, 0.15) is 18.2 Å². The Hall–Kier alpha value is -2.04. The van der Waals surface area contributed by atoms with Crippen LogP contribution in [0.3, 0.4) is 0 Å². The summed E-state index contributed by atoms with van der Waals surface area (Å²) in [5, 5.41) is 6.21. The second-order valence-electron chi connectivity index (χ2n) is 6.21. The summed E-state index contributed by atoms with van der Waals surface area (Å²) in [6.45, 7) is 3.88. The Morgan fingerprint density at radius 1 is 1.25 bits per heavy atom. The van der Waals surface area contributed by atoms with E-state index in [1.54, 1.807) is 11.8 Å². The van der Waals surface area contributed by atoms with E-state index >= 15 is 0 Å². The van der Waals surface area contributed by atoms with Crippen LogP contribution >= 0.6 is 0 Å². The van der Waals surface area contributed by atoms with Gasteiger partial charge in [-0.1, -0.05) is 25.1 Å². The minimum absolute atomic E-state index is 0.00336. The van der Waals surface area contributed by atoms with Gasteiger partial charge in [-0.2, -0.15) is 0 Å². The van der Waals surface area contributed by atoms with Crippen LogP contribution in [0.1, 0.15) is 25.8 Å². The first-order chi connectivity index (χ1) is 9.52. The van der Waals surface area contributed by atoms with Crippen molar-refractivity contribution in [2.24, 2.45) is 0 Å². The fourth-order valence-corrected chi connectivity index (χ4v) is 3.93. The topological polar surface area (TPSA) is 61.4 Å². The Bertz CT molecular complexity index is 629. The van der Waals surface area contributed by atoms with E-state index in [2.05, 4.69) is 23.6 Å². The molecule has 0 spiro atoms. The number of piperazine rings is 1. The number of fused-ring (bicyclic) bond motifs is 5. The van der Waals surface area contributed by atoms with E-state index in [4.69, 9.17) is 0 Å². The van der Waals surface area contributed by atoms with E-state index < -0.39 is 6.04 Å². The van der Waals surface area contributed by atoms with Crippen LogP contribution in [0.15, 0.2) is 24.3 Å². The molecule has 1 aromatic carbocycles. The van der Waals surface area contributed by atoms with Crippen molar-refractivity contribution in [2.45, 2.75) is 43.9 Å². The molecule has 3 heterocycles. The van der Waals surface area contributed by atoms with E-state index in [0.717, 1.165) is 5.69 Å². The summed E-state index contributed by atoms with van der Waals surface area (Å²) in [6, 6.07) is 7.33. The lowest BCUT2D eigenvalue weighted by Gasteiger charge is -2.37. The second kappa shape index (κ2) is 3.53. The molecule has 5 nitrogen and oxygen atoms in total. The van der Waals surface area contributed by atoms with Gasteiger partial charge in [-0.25, -0.2) is 0 Å². The Kier molecular flexibility index (Phi) is 2.08. The molecule has 4 rings (SSSR count). The zero-order chi connectivity index (χ0) is 14.1. The van der Waals surface area contributed by atoms with Crippen LogP contribution < -0.4 is 10.6 Å². The number of nitrogens with zero attached hydrogens (tertiary/aromatic N) is 1. The van der Waals surface area contributed by atoms with E-state index in [9.17, 15) is 9.59 Å². The molecular weight excluding hydrogens is 254 g/mol. The summed E-state index contributed by atoms with van der Waals surface area (Å²) in [5.74, 6) is -0.0318. The minimum atomic E-state index is -0.438. The molecule has 0 aromatic heterocycles. The maximum atomic E-state index is 12.5. The number of hydrogen-bond acceptors (Lipinski definition) is 3. The molecule has 3 aliphatic rings. The second-order valence-corrected chi connectivity index (χ2v) is 6.21. The number of rotatable bonds is 0. The zero-order valence-electron chi connectivity index (χ0n) is 11.5. The number of nitrogens with one attached hydrogen (secondary N) is 2. The molecule has 104 valence electrons. The number of anilines is 1. The molecule has 20 heavy (non-hydrogen) atoms. The van der Waals surface area contributed by atoms with Gasteiger partial charge in [0.25, 0.3) is 0 Å². The molecule has 2 N–H and O–H groups in total. The van der Waals surface area contributed by atoms with Crippen molar-refractivity contribution >= 4 is 17.5 Å². The van der Waals surface area contributed by atoms with Gasteiger partial charge >= 0.3 is 0 Å². The molecule has 5 heteroatoms. The van der Waals surface area contributed by atoms with Crippen molar-refractivity contribution in [3.8, 4) is 0 Å². The molecule has 0 radical (unpaired) electrons. The van der Waals surface area contributed by atoms with Crippen LogP contribution in [0.2, 0.25) is 0 Å². The number of benzene rings is 1. The smallest absolute Gasteiger partial charge is 0.247 e. The van der Waals surface area contributed by atoms with Crippen molar-refractivity contribution in [1.82, 2.24) is 10.2 Å². The van der Waals surface area contributed by atoms with Gasteiger partial charge in [0.05, 0.1) is 0 Å². The first kappa shape index (κ1) is 11.8. The molecule has 3 aliphatic heterocycles. The molecule has 0 saturated carbocycles. The summed E-state index contributed by atoms with van der Waals surface area (Å²) in [6.07, 6.45) is 0.553. The molecule has 4 atom stereocenters. The fraction of sp³-hybridized carbons (Fsp3) is 0.467. The lowest BCUT2D eigenvalue weighted by Crippen LogP contribution is -2.63. The van der Waals surface area contributed by atoms with Crippen molar-refractivity contribution in [2.75, 3.05) is 5.32 Å². The zero-order valence-corrected chi connectivity index (χ0v) is 11.5. The van der Waals surface area contributed by atoms with E-state index in [0.29, 0.717) is 6.42 Å². The van der Waals surface area contributed by atoms with Crippen molar-refractivity contribution in [1.29, 1.82) is 0 Å². The SMILES string of the molecule is C[C@@H]1NC(=O)[C@@H]2C[C@]3(C)c4ccccc4N[C@@H]3N2C1=O. The summed E-state index contributed by atoms with van der Waals surface area (Å²) in [5.41, 5.74) is 2.08. The van der Waals surface area contributed by atoms with Gasteiger partial charge in [-0.15, -0.1) is 0 Å². The van der Waals surface area contributed by atoms with Gasteiger partial charge in [0.15, 0.2) is 0 Å². The van der Waals surface area contributed by atoms with Crippen molar-refractivity contribution in [3.05, 3.63) is 29.8 Å². The summed E-state index contributed by atoms with van der Waals surface area (Å²) >= 11 is 0. The lowest BCUT2D eigenvalue weighted by molar-refractivity contribution is -0.148. The van der Waals surface area contributed by atoms with Gasteiger partial charge in [-0.3, -0.25) is 9.59 Å². The highest BCUT2D eigenvalue weighted by Crippen LogP contribution is 2.51. The highest BCUT2D eigenvalue weighted by atomic mass is 16.2. The average Bonchev–Trinajstić information content (AvgIpc) is 2.86. The molecule has 0 unspecified atom stereocenters. The Balaban J connectivity index is 1.82. The average molecular weight is 271 g/mol. The molecular formula is C15H17N3O2. The third-order valence-corrected chi connectivity index (χ3v) is 4.96. The number of amides is 2. The van der Waals surface area contributed by atoms with Gasteiger partial charge in [0, 0.05) is 11.1 Å². The van der Waals surface area contributed by atoms with Crippen LogP contribution in [-0.2, 0) is 15.0 Å². The maximum Gasteiger partial charge on any atom is 0.247 e. The number of carbonyl (C=O) groups excluding carboxylic acids is 2. The standard InChI is InChI=1S/C15H17N3O2/c1-8-13(20)18-11(12(19)16-8)7-15(2)9-5-3-4-6-10(9)17-14(15)18/h3-6,8,11,14,17H,7H2,1-2H3,(H,16,19)/t8-,11-,14+,15+/m0/s1. The number of carbonyl (C=O) groups is 2. The first-order valence-corrected chi connectivity index (χ1v) is 7.01. The predicted molar refractivity (Wildman–Crippen MR) is 74.1 cm³/mol. The molecule has 1 aromatic rings. The van der Waals surface area contributed by atoms with Crippen molar-refractivity contribution < 1.29 is 9.59 Å². The summed E-state index contributed by atoms with van der Waals surface area (Å²) in [4.78, 5) is 26.4. The van der Waals surface area contributed by atoms with Crippen LogP contribution in [0.25, 0.3) is 0 Å². The largest absolute Gasteiger partial charge is 0.364 e. The van der Waals surface area contributed by atoms with Crippen LogP contribution in [-0.4, -0.2) is 35.0 Å². The maximum absolute atomic E-state index is 12.5. The molecule has 2 amide bonds. The third-order valence-electron chi connectivity index (χ3n) is 4.96. The molecule has 2 saturated heterocycles. The van der Waals surface area contributed by atoms with Crippen LogP contribution in [0.4, 0.5) is 5.69 Å². The van der Waals surface area contributed by atoms with E-state index in [1.807, 2.05) is 18.2 Å². The predicted octanol–water partition coefficient (Wildman–Crippen LogP) is 0.815. The Morgan fingerprint density at radius 3 is 2.80 bits per heavy atom. The first-order valence-electron chi connectivity index (χ1n) is 7.01.